The van der Waals surface area contributed by atoms with Crippen LogP contribution >= 0.6 is 0 Å². The number of fused-ring (bicyclic) bond motifs is 1. The minimum atomic E-state index is -0.347. The van der Waals surface area contributed by atoms with E-state index in [1.165, 1.54) is 17.8 Å². The summed E-state index contributed by atoms with van der Waals surface area (Å²) in [5, 5.41) is 0. The zero-order valence-corrected chi connectivity index (χ0v) is 11.6. The van der Waals surface area contributed by atoms with Gasteiger partial charge in [0.25, 0.3) is 0 Å². The van der Waals surface area contributed by atoms with E-state index < -0.39 is 0 Å². The van der Waals surface area contributed by atoms with Crippen molar-refractivity contribution in [3.63, 3.8) is 0 Å². The van der Waals surface area contributed by atoms with Gasteiger partial charge in [0.2, 0.25) is 0 Å². The van der Waals surface area contributed by atoms with E-state index in [0.29, 0.717) is 12.5 Å². The topological polar surface area (TPSA) is 60.2 Å². The van der Waals surface area contributed by atoms with Crippen LogP contribution in [0.5, 0.6) is 5.75 Å². The quantitative estimate of drug-likeness (QED) is 0.670. The molecule has 2 unspecified atom stereocenters. The first-order valence-corrected chi connectivity index (χ1v) is 7.06. The first-order chi connectivity index (χ1) is 10.3. The number of nitrogens with zero attached hydrogens (tertiary/aromatic N) is 1. The number of aromatic nitrogens is 1. The lowest BCUT2D eigenvalue weighted by molar-refractivity contribution is 0.255. The lowest BCUT2D eigenvalue weighted by Gasteiger charge is -2.29. The molecule has 0 fully saturated rings. The average Bonchev–Trinajstić information content (AvgIpc) is 2.52. The Bertz CT molecular complexity index is 620. The molecule has 2 atom stereocenters. The molecule has 0 amide bonds. The van der Waals surface area contributed by atoms with Crippen molar-refractivity contribution in [3.05, 3.63) is 59.7 Å². The molecule has 2 aromatic rings. The van der Waals surface area contributed by atoms with Gasteiger partial charge >= 0.3 is 0 Å². The molecule has 1 aromatic heterocycles. The highest BCUT2D eigenvalue weighted by Gasteiger charge is 2.25. The lowest BCUT2D eigenvalue weighted by atomic mass is 9.86. The number of nitrogens with two attached hydrogens (primary N) is 1. The minimum Gasteiger partial charge on any atom is -0.493 e. The molecule has 5 heteroatoms. The normalized spacial score (nSPS) is 18.7. The molecular formula is C16H18FN3O. The monoisotopic (exact) mass is 287 g/mol. The van der Waals surface area contributed by atoms with E-state index in [0.717, 1.165) is 24.2 Å². The highest BCUT2D eigenvalue weighted by molar-refractivity contribution is 5.38. The summed E-state index contributed by atoms with van der Waals surface area (Å²) in [4.78, 5) is 3.90. The second-order valence-corrected chi connectivity index (χ2v) is 5.26. The van der Waals surface area contributed by atoms with Gasteiger partial charge in [-0.05, 0) is 42.0 Å². The molecule has 1 aliphatic heterocycles. The Morgan fingerprint density at radius 1 is 1.38 bits per heavy atom. The van der Waals surface area contributed by atoms with Gasteiger partial charge in [-0.2, -0.15) is 0 Å². The van der Waals surface area contributed by atoms with Crippen LogP contribution in [0.4, 0.5) is 4.39 Å². The maximum Gasteiger partial charge on any atom is 0.141 e. The highest BCUT2D eigenvalue weighted by atomic mass is 19.1. The maximum atomic E-state index is 13.3. The van der Waals surface area contributed by atoms with Crippen molar-refractivity contribution in [2.75, 3.05) is 6.61 Å². The molecule has 4 nitrogen and oxygen atoms in total. The van der Waals surface area contributed by atoms with E-state index in [-0.39, 0.29) is 11.9 Å². The number of pyridine rings is 1. The third kappa shape index (κ3) is 3.04. The molecule has 0 bridgehead atoms. The Morgan fingerprint density at radius 3 is 3.05 bits per heavy atom. The van der Waals surface area contributed by atoms with Crippen molar-refractivity contribution in [2.45, 2.75) is 24.8 Å². The molecule has 3 rings (SSSR count). The van der Waals surface area contributed by atoms with Crippen LogP contribution in [0.2, 0.25) is 0 Å². The standard InChI is InChI=1S/C16H18FN3O/c17-13-7-12(9-19-10-13)15(20-18)8-11-5-6-21-16-4-2-1-3-14(11)16/h1-4,7,9-11,15,20H,5-6,8,18H2. The molecule has 1 aromatic carbocycles. The first-order valence-electron chi connectivity index (χ1n) is 7.06. The summed E-state index contributed by atoms with van der Waals surface area (Å²) in [5.74, 6) is 6.58. The van der Waals surface area contributed by atoms with Gasteiger partial charge in [0.1, 0.15) is 11.6 Å². The van der Waals surface area contributed by atoms with Gasteiger partial charge in [-0.15, -0.1) is 0 Å². The van der Waals surface area contributed by atoms with Crippen molar-refractivity contribution in [1.29, 1.82) is 0 Å². The molecule has 0 saturated heterocycles. The second-order valence-electron chi connectivity index (χ2n) is 5.26. The Hall–Kier alpha value is -1.98. The number of hydrogen-bond donors (Lipinski definition) is 2. The Kier molecular flexibility index (Phi) is 4.13. The highest BCUT2D eigenvalue weighted by Crippen LogP contribution is 2.38. The van der Waals surface area contributed by atoms with E-state index in [2.05, 4.69) is 16.5 Å². The molecule has 1 aliphatic rings. The number of rotatable bonds is 4. The largest absolute Gasteiger partial charge is 0.493 e. The van der Waals surface area contributed by atoms with Crippen molar-refractivity contribution >= 4 is 0 Å². The van der Waals surface area contributed by atoms with E-state index in [1.807, 2.05) is 18.2 Å². The number of para-hydroxylation sites is 1. The van der Waals surface area contributed by atoms with Gasteiger partial charge < -0.3 is 4.74 Å². The molecular weight excluding hydrogens is 269 g/mol. The molecule has 2 heterocycles. The fourth-order valence-electron chi connectivity index (χ4n) is 2.86. The number of benzene rings is 1. The second kappa shape index (κ2) is 6.20. The fourth-order valence-corrected chi connectivity index (χ4v) is 2.86. The van der Waals surface area contributed by atoms with Crippen LogP contribution < -0.4 is 16.0 Å². The summed E-state index contributed by atoms with van der Waals surface area (Å²) in [6, 6.07) is 9.38. The van der Waals surface area contributed by atoms with Gasteiger partial charge in [-0.3, -0.25) is 16.3 Å². The SMILES string of the molecule is NNC(CC1CCOc2ccccc21)c1cncc(F)c1. The number of hydrazine groups is 1. The number of hydrogen-bond acceptors (Lipinski definition) is 4. The maximum absolute atomic E-state index is 13.3. The summed E-state index contributed by atoms with van der Waals surface area (Å²) in [5.41, 5.74) is 4.73. The summed E-state index contributed by atoms with van der Waals surface area (Å²) in [6.45, 7) is 0.695. The van der Waals surface area contributed by atoms with Crippen LogP contribution in [0.15, 0.2) is 42.7 Å². The molecule has 0 radical (unpaired) electrons. The summed E-state index contributed by atoms with van der Waals surface area (Å²) in [7, 11) is 0. The molecule has 0 saturated carbocycles. The van der Waals surface area contributed by atoms with Gasteiger partial charge in [-0.25, -0.2) is 4.39 Å². The summed E-state index contributed by atoms with van der Waals surface area (Å²) < 4.78 is 19.0. The smallest absolute Gasteiger partial charge is 0.141 e. The van der Waals surface area contributed by atoms with Crippen molar-refractivity contribution in [1.82, 2.24) is 10.4 Å². The lowest BCUT2D eigenvalue weighted by Crippen LogP contribution is -2.30. The van der Waals surface area contributed by atoms with Crippen LogP contribution in [0.1, 0.15) is 35.9 Å². The van der Waals surface area contributed by atoms with Gasteiger partial charge in [0.05, 0.1) is 12.8 Å². The van der Waals surface area contributed by atoms with Crippen molar-refractivity contribution < 1.29 is 9.13 Å². The molecule has 110 valence electrons. The van der Waals surface area contributed by atoms with Crippen molar-refractivity contribution in [2.24, 2.45) is 5.84 Å². The third-order valence-corrected chi connectivity index (χ3v) is 3.93. The predicted octanol–water partition coefficient (Wildman–Crippen LogP) is 2.68. The molecule has 0 aliphatic carbocycles. The van der Waals surface area contributed by atoms with Crippen molar-refractivity contribution in [3.8, 4) is 5.75 Å². The minimum absolute atomic E-state index is 0.135. The molecule has 21 heavy (non-hydrogen) atoms. The first kappa shape index (κ1) is 14.0. The van der Waals surface area contributed by atoms with E-state index in [4.69, 9.17) is 10.6 Å². The van der Waals surface area contributed by atoms with Crippen LogP contribution in [0, 0.1) is 5.82 Å². The van der Waals surface area contributed by atoms with Crippen LogP contribution in [0.3, 0.4) is 0 Å². The predicted molar refractivity (Wildman–Crippen MR) is 78.2 cm³/mol. The van der Waals surface area contributed by atoms with E-state index >= 15 is 0 Å². The van der Waals surface area contributed by atoms with Crippen LogP contribution in [0.25, 0.3) is 0 Å². The van der Waals surface area contributed by atoms with E-state index in [1.54, 1.807) is 6.20 Å². The van der Waals surface area contributed by atoms with E-state index in [9.17, 15) is 4.39 Å². The summed E-state index contributed by atoms with van der Waals surface area (Å²) in [6.07, 6.45) is 4.56. The number of nitrogens with one attached hydrogen (secondary N) is 1. The Balaban J connectivity index is 1.82. The fraction of sp³-hybridized carbons (Fsp3) is 0.312. The zero-order valence-electron chi connectivity index (χ0n) is 11.6. The number of halogens is 1. The van der Waals surface area contributed by atoms with Gasteiger partial charge in [0.15, 0.2) is 0 Å². The van der Waals surface area contributed by atoms with Crippen LogP contribution in [-0.2, 0) is 0 Å². The summed E-state index contributed by atoms with van der Waals surface area (Å²) >= 11 is 0. The van der Waals surface area contributed by atoms with Gasteiger partial charge in [0, 0.05) is 12.2 Å². The Labute approximate surface area is 123 Å². The average molecular weight is 287 g/mol. The van der Waals surface area contributed by atoms with Gasteiger partial charge in [-0.1, -0.05) is 18.2 Å². The number of ether oxygens (including phenoxy) is 1. The third-order valence-electron chi connectivity index (χ3n) is 3.93. The molecule has 3 N–H and O–H groups in total. The molecule has 0 spiro atoms. The Morgan fingerprint density at radius 2 is 2.24 bits per heavy atom. The zero-order chi connectivity index (χ0) is 14.7. The van der Waals surface area contributed by atoms with Crippen LogP contribution in [-0.4, -0.2) is 11.6 Å².